The average molecular weight is 360 g/mol. The summed E-state index contributed by atoms with van der Waals surface area (Å²) in [6.45, 7) is 7.14. The fourth-order valence-electron chi connectivity index (χ4n) is 2.13. The van der Waals surface area contributed by atoms with Crippen molar-refractivity contribution in [2.45, 2.75) is 13.8 Å². The second-order valence-corrected chi connectivity index (χ2v) is 6.65. The van der Waals surface area contributed by atoms with Crippen molar-refractivity contribution < 1.29 is 9.21 Å². The van der Waals surface area contributed by atoms with Crippen LogP contribution in [0.2, 0.25) is 5.02 Å². The number of carbonyl (C=O) groups excluding carboxylic acids is 1. The first-order valence-electron chi connectivity index (χ1n) is 7.10. The number of thiophene rings is 1. The maximum absolute atomic E-state index is 12.0. The zero-order valence-corrected chi connectivity index (χ0v) is 14.7. The highest BCUT2D eigenvalue weighted by molar-refractivity contribution is 7.13. The summed E-state index contributed by atoms with van der Waals surface area (Å²) in [6.07, 6.45) is 0. The van der Waals surface area contributed by atoms with Crippen molar-refractivity contribution in [2.75, 3.05) is 5.32 Å². The third-order valence-electron chi connectivity index (χ3n) is 3.31. The number of benzene rings is 1. The Hall–Kier alpha value is -2.44. The maximum Gasteiger partial charge on any atom is 0.258 e. The van der Waals surface area contributed by atoms with Crippen molar-refractivity contribution in [3.05, 3.63) is 52.4 Å². The minimum absolute atomic E-state index is 0.278. The van der Waals surface area contributed by atoms with E-state index in [9.17, 15) is 4.79 Å². The zero-order chi connectivity index (χ0) is 17.3. The molecule has 3 aromatic rings. The molecule has 0 saturated carbocycles. The monoisotopic (exact) mass is 359 g/mol. The van der Waals surface area contributed by atoms with Crippen molar-refractivity contribution in [2.24, 2.45) is 0 Å². The van der Waals surface area contributed by atoms with Gasteiger partial charge >= 0.3 is 0 Å². The fourth-order valence-corrected chi connectivity index (χ4v) is 3.05. The second kappa shape index (κ2) is 6.59. The van der Waals surface area contributed by atoms with Gasteiger partial charge in [-0.25, -0.2) is 0 Å². The van der Waals surface area contributed by atoms with Crippen molar-refractivity contribution in [1.29, 1.82) is 0 Å². The smallest absolute Gasteiger partial charge is 0.258 e. The number of halogens is 1. The van der Waals surface area contributed by atoms with Crippen LogP contribution in [0.25, 0.3) is 22.2 Å². The number of anilines is 1. The molecule has 2 aromatic heterocycles. The van der Waals surface area contributed by atoms with E-state index in [1.165, 1.54) is 11.3 Å². The topological polar surface area (TPSA) is 68.0 Å². The number of hydrogen-bond donors (Lipinski definition) is 1. The Bertz CT molecular complexity index is 916. The molecule has 122 valence electrons. The molecule has 0 aliphatic heterocycles. The lowest BCUT2D eigenvalue weighted by Crippen LogP contribution is -2.13. The molecule has 2 heterocycles. The lowest BCUT2D eigenvalue weighted by Gasteiger charge is -2.12. The number of nitrogens with one attached hydrogen (secondary N) is 1. The third-order valence-corrected chi connectivity index (χ3v) is 4.39. The fraction of sp³-hybridized carbons (Fsp3) is 0.118. The van der Waals surface area contributed by atoms with E-state index in [2.05, 4.69) is 22.1 Å². The van der Waals surface area contributed by atoms with Crippen LogP contribution >= 0.6 is 22.9 Å². The Morgan fingerprint density at radius 3 is 2.75 bits per heavy atom. The van der Waals surface area contributed by atoms with Crippen molar-refractivity contribution >= 4 is 34.5 Å². The summed E-state index contributed by atoms with van der Waals surface area (Å²) < 4.78 is 5.76. The summed E-state index contributed by atoms with van der Waals surface area (Å²) in [5.74, 6) is 0.440. The molecular formula is C17H14ClN3O2S. The van der Waals surface area contributed by atoms with E-state index in [-0.39, 0.29) is 5.91 Å². The largest absolute Gasteiger partial charge is 0.415 e. The van der Waals surface area contributed by atoms with Crippen LogP contribution in [0.15, 0.2) is 46.2 Å². The van der Waals surface area contributed by atoms with Crippen LogP contribution in [0.5, 0.6) is 0 Å². The number of amides is 1. The summed E-state index contributed by atoms with van der Waals surface area (Å²) in [5.41, 5.74) is 2.35. The molecule has 0 saturated heterocycles. The molecule has 0 radical (unpaired) electrons. The van der Waals surface area contributed by atoms with E-state index >= 15 is 0 Å². The van der Waals surface area contributed by atoms with Gasteiger partial charge in [-0.15, -0.1) is 21.5 Å². The predicted molar refractivity (Wildman–Crippen MR) is 96.2 cm³/mol. The first-order valence-corrected chi connectivity index (χ1v) is 8.36. The standard InChI is InChI=1S/C17H14ClN3O2S/c1-9(2)15(22)19-14-10(3)7-11(18)8-12(14)16-20-21-17(23-16)13-5-4-6-24-13/h4-8H,1H2,2-3H3,(H,19,22). The molecule has 0 atom stereocenters. The van der Waals surface area contributed by atoms with Crippen molar-refractivity contribution in [1.82, 2.24) is 10.2 Å². The quantitative estimate of drug-likeness (QED) is 0.670. The molecule has 0 bridgehead atoms. The molecule has 1 amide bonds. The van der Waals surface area contributed by atoms with Crippen LogP contribution in [0.4, 0.5) is 5.69 Å². The van der Waals surface area contributed by atoms with Gasteiger partial charge in [0.15, 0.2) is 0 Å². The van der Waals surface area contributed by atoms with Gasteiger partial charge in [0.25, 0.3) is 11.8 Å². The van der Waals surface area contributed by atoms with Gasteiger partial charge in [-0.1, -0.05) is 24.2 Å². The first kappa shape index (κ1) is 16.4. The first-order chi connectivity index (χ1) is 11.5. The SMILES string of the molecule is C=C(C)C(=O)Nc1c(C)cc(Cl)cc1-c1nnc(-c2cccs2)o1. The van der Waals surface area contributed by atoms with Gasteiger partial charge in [0.2, 0.25) is 5.89 Å². The molecule has 3 rings (SSSR count). The van der Waals surface area contributed by atoms with Crippen LogP contribution in [0.1, 0.15) is 12.5 Å². The Kier molecular flexibility index (Phi) is 4.51. The number of hydrogen-bond acceptors (Lipinski definition) is 5. The Balaban J connectivity index is 2.06. The Morgan fingerprint density at radius 1 is 1.33 bits per heavy atom. The van der Waals surface area contributed by atoms with E-state index in [1.807, 2.05) is 24.4 Å². The number of nitrogens with zero attached hydrogens (tertiary/aromatic N) is 2. The highest BCUT2D eigenvalue weighted by atomic mass is 35.5. The van der Waals surface area contributed by atoms with E-state index in [1.54, 1.807) is 19.1 Å². The number of rotatable bonds is 4. The highest BCUT2D eigenvalue weighted by Gasteiger charge is 2.18. The van der Waals surface area contributed by atoms with Gasteiger partial charge in [0.1, 0.15) is 0 Å². The Labute approximate surface area is 148 Å². The second-order valence-electron chi connectivity index (χ2n) is 5.27. The Morgan fingerprint density at radius 2 is 2.08 bits per heavy atom. The molecule has 5 nitrogen and oxygen atoms in total. The molecular weight excluding hydrogens is 346 g/mol. The van der Waals surface area contributed by atoms with Gasteiger partial charge in [0.05, 0.1) is 16.1 Å². The van der Waals surface area contributed by atoms with Crippen molar-refractivity contribution in [3.63, 3.8) is 0 Å². The van der Waals surface area contributed by atoms with Crippen LogP contribution < -0.4 is 5.32 Å². The molecule has 1 N–H and O–H groups in total. The van der Waals surface area contributed by atoms with Crippen LogP contribution in [-0.2, 0) is 4.79 Å². The van der Waals surface area contributed by atoms with E-state index in [4.69, 9.17) is 16.0 Å². The molecule has 0 unspecified atom stereocenters. The highest BCUT2D eigenvalue weighted by Crippen LogP contribution is 2.35. The summed E-state index contributed by atoms with van der Waals surface area (Å²) in [7, 11) is 0. The summed E-state index contributed by atoms with van der Waals surface area (Å²) in [4.78, 5) is 12.9. The van der Waals surface area contributed by atoms with Crippen LogP contribution in [-0.4, -0.2) is 16.1 Å². The van der Waals surface area contributed by atoms with Gasteiger partial charge in [-0.2, -0.15) is 0 Å². The van der Waals surface area contributed by atoms with Gasteiger partial charge in [-0.3, -0.25) is 4.79 Å². The zero-order valence-electron chi connectivity index (χ0n) is 13.1. The average Bonchev–Trinajstić information content (AvgIpc) is 3.19. The molecule has 24 heavy (non-hydrogen) atoms. The van der Waals surface area contributed by atoms with E-state index in [0.717, 1.165) is 10.4 Å². The predicted octanol–water partition coefficient (Wildman–Crippen LogP) is 4.94. The van der Waals surface area contributed by atoms with Gasteiger partial charge in [-0.05, 0) is 43.0 Å². The molecule has 0 aliphatic rings. The van der Waals surface area contributed by atoms with E-state index in [0.29, 0.717) is 33.6 Å². The van der Waals surface area contributed by atoms with Gasteiger partial charge in [0, 0.05) is 10.6 Å². The molecule has 0 fully saturated rings. The molecule has 7 heteroatoms. The number of carbonyl (C=O) groups is 1. The van der Waals surface area contributed by atoms with Crippen LogP contribution in [0, 0.1) is 6.92 Å². The van der Waals surface area contributed by atoms with E-state index < -0.39 is 0 Å². The number of aromatic nitrogens is 2. The lowest BCUT2D eigenvalue weighted by atomic mass is 10.1. The number of aryl methyl sites for hydroxylation is 1. The molecule has 1 aromatic carbocycles. The van der Waals surface area contributed by atoms with Crippen molar-refractivity contribution in [3.8, 4) is 22.2 Å². The summed E-state index contributed by atoms with van der Waals surface area (Å²) >= 11 is 7.67. The summed E-state index contributed by atoms with van der Waals surface area (Å²) in [5, 5.41) is 13.4. The van der Waals surface area contributed by atoms with Crippen LogP contribution in [0.3, 0.4) is 0 Å². The normalized spacial score (nSPS) is 10.6. The molecule has 0 spiro atoms. The third kappa shape index (κ3) is 3.25. The maximum atomic E-state index is 12.0. The minimum Gasteiger partial charge on any atom is -0.415 e. The summed E-state index contributed by atoms with van der Waals surface area (Å²) in [6, 6.07) is 7.25. The lowest BCUT2D eigenvalue weighted by molar-refractivity contribution is -0.112. The minimum atomic E-state index is -0.278. The molecule has 0 aliphatic carbocycles. The van der Waals surface area contributed by atoms with Gasteiger partial charge < -0.3 is 9.73 Å².